The molecule has 0 bridgehead atoms. The molecule has 3 aliphatic rings. The first-order chi connectivity index (χ1) is 28.5. The highest BCUT2D eigenvalue weighted by Crippen LogP contribution is 2.64. The number of benzene rings is 9. The molecule has 58 heavy (non-hydrogen) atoms. The molecule has 0 radical (unpaired) electrons. The highest BCUT2D eigenvalue weighted by molar-refractivity contribution is 7.99. The molecule has 0 saturated carbocycles. The molecule has 9 aromatic carbocycles. The second kappa shape index (κ2) is 12.4. The first-order valence-corrected chi connectivity index (χ1v) is 21.1. The monoisotopic (exact) mass is 757 g/mol. The van der Waals surface area contributed by atoms with E-state index in [4.69, 9.17) is 0 Å². The number of nitrogens with zero attached hydrogens (tertiary/aromatic N) is 1. The minimum absolute atomic E-state index is 0.0835. The number of anilines is 3. The number of rotatable bonds is 4. The van der Waals surface area contributed by atoms with Gasteiger partial charge in [-0.1, -0.05) is 177 Å². The van der Waals surface area contributed by atoms with Gasteiger partial charge in [-0.25, -0.2) is 0 Å². The van der Waals surface area contributed by atoms with Gasteiger partial charge >= 0.3 is 0 Å². The first-order valence-electron chi connectivity index (χ1n) is 20.3. The highest BCUT2D eigenvalue weighted by Gasteiger charge is 2.51. The SMILES string of the molecule is CC1(C)c2ccccc2-c2ccc(N(c3ccccc3)c3ccc(-c4cccc5c4-c4ccccc4C54c5ccccc5Sc5ccc6ccccc6c54)cc3)cc21. The Morgan fingerprint density at radius 1 is 0.397 bits per heavy atom. The molecule has 0 N–H and O–H groups in total. The summed E-state index contributed by atoms with van der Waals surface area (Å²) in [7, 11) is 0. The van der Waals surface area contributed by atoms with Crippen LogP contribution in [0.5, 0.6) is 0 Å². The molecule has 2 aliphatic carbocycles. The zero-order valence-corrected chi connectivity index (χ0v) is 33.2. The van der Waals surface area contributed by atoms with Gasteiger partial charge in [0, 0.05) is 32.3 Å². The topological polar surface area (TPSA) is 3.24 Å². The molecule has 1 atom stereocenters. The maximum Gasteiger partial charge on any atom is 0.0741 e. The Kier molecular flexibility index (Phi) is 7.19. The van der Waals surface area contributed by atoms with E-state index in [-0.39, 0.29) is 5.41 Å². The molecule has 2 heteroatoms. The lowest BCUT2D eigenvalue weighted by Crippen LogP contribution is -2.32. The van der Waals surface area contributed by atoms with Crippen LogP contribution < -0.4 is 4.90 Å². The number of fused-ring (bicyclic) bond motifs is 14. The van der Waals surface area contributed by atoms with E-state index in [9.17, 15) is 0 Å². The molecule has 0 amide bonds. The van der Waals surface area contributed by atoms with Crippen LogP contribution in [-0.4, -0.2) is 0 Å². The average Bonchev–Trinajstić information content (AvgIpc) is 3.70. The third kappa shape index (κ3) is 4.55. The summed E-state index contributed by atoms with van der Waals surface area (Å²) in [5.74, 6) is 0. The zero-order valence-electron chi connectivity index (χ0n) is 32.4. The molecule has 0 fully saturated rings. The summed E-state index contributed by atoms with van der Waals surface area (Å²) in [6.45, 7) is 4.71. The Labute approximate surface area is 344 Å². The first kappa shape index (κ1) is 33.5. The van der Waals surface area contributed by atoms with Crippen LogP contribution in [-0.2, 0) is 10.8 Å². The Hall–Kier alpha value is -6.61. The van der Waals surface area contributed by atoms with Crippen molar-refractivity contribution in [1.82, 2.24) is 0 Å². The fourth-order valence-corrected chi connectivity index (χ4v) is 11.8. The predicted octanol–water partition coefficient (Wildman–Crippen LogP) is 15.1. The van der Waals surface area contributed by atoms with Gasteiger partial charge in [0.15, 0.2) is 0 Å². The van der Waals surface area contributed by atoms with Crippen LogP contribution in [0.25, 0.3) is 44.2 Å². The largest absolute Gasteiger partial charge is 0.310 e. The van der Waals surface area contributed by atoms with Crippen molar-refractivity contribution in [2.45, 2.75) is 34.5 Å². The quantitative estimate of drug-likeness (QED) is 0.176. The summed E-state index contributed by atoms with van der Waals surface area (Å²) >= 11 is 1.91. The van der Waals surface area contributed by atoms with Crippen LogP contribution in [0.2, 0.25) is 0 Å². The van der Waals surface area contributed by atoms with Crippen molar-refractivity contribution in [3.63, 3.8) is 0 Å². The molecule has 1 aliphatic heterocycles. The molecule has 1 nitrogen and oxygen atoms in total. The van der Waals surface area contributed by atoms with E-state index >= 15 is 0 Å². The van der Waals surface area contributed by atoms with Crippen molar-refractivity contribution in [3.05, 3.63) is 234 Å². The number of hydrogen-bond acceptors (Lipinski definition) is 2. The summed E-state index contributed by atoms with van der Waals surface area (Å²) in [5, 5.41) is 2.59. The van der Waals surface area contributed by atoms with Crippen LogP contribution >= 0.6 is 11.8 Å². The fourth-order valence-electron chi connectivity index (χ4n) is 10.6. The van der Waals surface area contributed by atoms with Crippen molar-refractivity contribution in [1.29, 1.82) is 0 Å². The third-order valence-electron chi connectivity index (χ3n) is 13.1. The molecule has 1 heterocycles. The van der Waals surface area contributed by atoms with Gasteiger partial charge in [0.25, 0.3) is 0 Å². The lowest BCUT2D eigenvalue weighted by atomic mass is 9.66. The molecule has 12 rings (SSSR count). The van der Waals surface area contributed by atoms with Crippen LogP contribution in [0.15, 0.2) is 210 Å². The van der Waals surface area contributed by atoms with Crippen molar-refractivity contribution in [2.75, 3.05) is 4.90 Å². The molecule has 1 unspecified atom stereocenters. The van der Waals surface area contributed by atoms with Gasteiger partial charge in [-0.3, -0.25) is 0 Å². The maximum atomic E-state index is 2.42. The highest BCUT2D eigenvalue weighted by atomic mass is 32.2. The van der Waals surface area contributed by atoms with E-state index in [0.29, 0.717) is 0 Å². The van der Waals surface area contributed by atoms with Gasteiger partial charge in [0.1, 0.15) is 0 Å². The Morgan fingerprint density at radius 2 is 1.02 bits per heavy atom. The van der Waals surface area contributed by atoms with Crippen LogP contribution in [0.4, 0.5) is 17.1 Å². The summed E-state index contributed by atoms with van der Waals surface area (Å²) in [5.41, 5.74) is 18.9. The Morgan fingerprint density at radius 3 is 1.86 bits per heavy atom. The van der Waals surface area contributed by atoms with Crippen molar-refractivity contribution in [2.24, 2.45) is 0 Å². The van der Waals surface area contributed by atoms with E-state index in [1.54, 1.807) is 0 Å². The summed E-state index contributed by atoms with van der Waals surface area (Å²) in [6, 6.07) is 74.8. The minimum atomic E-state index is -0.453. The van der Waals surface area contributed by atoms with E-state index < -0.39 is 5.41 Å². The summed E-state index contributed by atoms with van der Waals surface area (Å²) < 4.78 is 0. The second-order valence-electron chi connectivity index (χ2n) is 16.4. The third-order valence-corrected chi connectivity index (χ3v) is 14.3. The van der Waals surface area contributed by atoms with Gasteiger partial charge in [-0.2, -0.15) is 0 Å². The zero-order chi connectivity index (χ0) is 38.6. The maximum absolute atomic E-state index is 2.42. The number of para-hydroxylation sites is 1. The molecular weight excluding hydrogens is 719 g/mol. The van der Waals surface area contributed by atoms with Gasteiger partial charge in [0.2, 0.25) is 0 Å². The molecule has 9 aromatic rings. The van der Waals surface area contributed by atoms with E-state index in [0.717, 1.165) is 17.1 Å². The van der Waals surface area contributed by atoms with E-state index in [1.165, 1.54) is 87.3 Å². The van der Waals surface area contributed by atoms with Crippen molar-refractivity contribution >= 4 is 39.6 Å². The minimum Gasteiger partial charge on any atom is -0.310 e. The summed E-state index contributed by atoms with van der Waals surface area (Å²) in [6.07, 6.45) is 0. The second-order valence-corrected chi connectivity index (χ2v) is 17.5. The Balaban J connectivity index is 1.04. The van der Waals surface area contributed by atoms with Crippen molar-refractivity contribution < 1.29 is 0 Å². The lowest BCUT2D eigenvalue weighted by Gasteiger charge is -2.40. The predicted molar refractivity (Wildman–Crippen MR) is 243 cm³/mol. The van der Waals surface area contributed by atoms with Gasteiger partial charge < -0.3 is 4.90 Å². The van der Waals surface area contributed by atoms with E-state index in [2.05, 4.69) is 219 Å². The average molecular weight is 758 g/mol. The normalized spacial score (nSPS) is 16.2. The number of hydrogen-bond donors (Lipinski definition) is 0. The standard InChI is InChI=1S/C56H39NS/c1-55(2)46-22-10-8-19-43(46)44-33-32-40(35-50(44)55)57(38-16-4-3-5-17-38)39-30-27-37(28-31-39)41-21-14-25-49-53(41)45-20-9-11-23-47(45)56(49)48-24-12-13-26-51(48)58-52-34-29-36-15-6-7-18-42(36)54(52)56/h3-35H,1-2H3. The molecule has 1 spiro atoms. The van der Waals surface area contributed by atoms with Crippen LogP contribution in [0.3, 0.4) is 0 Å². The van der Waals surface area contributed by atoms with Gasteiger partial charge in [-0.15, -0.1) is 0 Å². The molecule has 0 saturated heterocycles. The Bertz CT molecular complexity index is 3120. The van der Waals surface area contributed by atoms with Gasteiger partial charge in [-0.05, 0) is 126 Å². The molecule has 0 aromatic heterocycles. The summed E-state index contributed by atoms with van der Waals surface area (Å²) in [4.78, 5) is 5.05. The fraction of sp³-hybridized carbons (Fsp3) is 0.0714. The van der Waals surface area contributed by atoms with E-state index in [1.807, 2.05) is 11.8 Å². The lowest BCUT2D eigenvalue weighted by molar-refractivity contribution is 0.660. The molecule has 274 valence electrons. The van der Waals surface area contributed by atoms with Crippen LogP contribution in [0, 0.1) is 0 Å². The smallest absolute Gasteiger partial charge is 0.0741 e. The van der Waals surface area contributed by atoms with Crippen molar-refractivity contribution in [3.8, 4) is 33.4 Å². The molecular formula is C56H39NS. The van der Waals surface area contributed by atoms with Crippen LogP contribution in [0.1, 0.15) is 47.2 Å². The van der Waals surface area contributed by atoms with Gasteiger partial charge in [0.05, 0.1) is 5.41 Å².